The van der Waals surface area contributed by atoms with E-state index in [2.05, 4.69) is 15.8 Å². The molecule has 0 heterocycles. The minimum absolute atomic E-state index is 0.156. The van der Waals surface area contributed by atoms with Gasteiger partial charge in [-0.2, -0.15) is 5.10 Å². The van der Waals surface area contributed by atoms with Crippen LogP contribution in [0.2, 0.25) is 5.02 Å². The topological polar surface area (TPSA) is 96.9 Å². The normalized spacial score (nSPS) is 10.6. The molecule has 0 radical (unpaired) electrons. The number of amides is 2. The Bertz CT molecular complexity index is 1200. The lowest BCUT2D eigenvalue weighted by Crippen LogP contribution is -2.32. The summed E-state index contributed by atoms with van der Waals surface area (Å²) in [4.78, 5) is 36.0. The summed E-state index contributed by atoms with van der Waals surface area (Å²) in [6, 6.07) is 16.9. The van der Waals surface area contributed by atoms with Gasteiger partial charge in [0.2, 0.25) is 0 Å². The van der Waals surface area contributed by atoms with Gasteiger partial charge < -0.3 is 10.1 Å². The number of carbonyl (C=O) groups excluding carboxylic acids is 3. The molecule has 3 aromatic carbocycles. The molecule has 3 rings (SSSR count). The predicted molar refractivity (Wildman–Crippen MR) is 118 cm³/mol. The summed E-state index contributed by atoms with van der Waals surface area (Å²) in [6.07, 6.45) is 1.28. The van der Waals surface area contributed by atoms with Crippen LogP contribution in [0.4, 0.5) is 10.1 Å². The van der Waals surface area contributed by atoms with Gasteiger partial charge in [0.15, 0.2) is 0 Å². The van der Waals surface area contributed by atoms with Crippen molar-refractivity contribution in [3.63, 3.8) is 0 Å². The van der Waals surface area contributed by atoms with E-state index in [4.69, 9.17) is 16.3 Å². The Morgan fingerprint density at radius 3 is 2.47 bits per heavy atom. The summed E-state index contributed by atoms with van der Waals surface area (Å²) >= 11 is 5.63. The Morgan fingerprint density at radius 2 is 1.75 bits per heavy atom. The van der Waals surface area contributed by atoms with Gasteiger partial charge in [-0.1, -0.05) is 41.4 Å². The maximum Gasteiger partial charge on any atom is 0.343 e. The summed E-state index contributed by atoms with van der Waals surface area (Å²) in [6.45, 7) is 1.92. The van der Waals surface area contributed by atoms with Crippen molar-refractivity contribution in [1.82, 2.24) is 5.43 Å². The number of halogens is 2. The molecule has 0 aromatic heterocycles. The highest BCUT2D eigenvalue weighted by Crippen LogP contribution is 2.19. The van der Waals surface area contributed by atoms with Crippen LogP contribution >= 0.6 is 11.6 Å². The number of benzene rings is 3. The number of esters is 1. The molecule has 0 fully saturated rings. The number of hydrogen-bond acceptors (Lipinski definition) is 5. The molecule has 0 saturated carbocycles. The van der Waals surface area contributed by atoms with Crippen molar-refractivity contribution in [1.29, 1.82) is 0 Å². The first kappa shape index (κ1) is 22.6. The first-order valence-electron chi connectivity index (χ1n) is 9.30. The van der Waals surface area contributed by atoms with Crippen molar-refractivity contribution >= 4 is 41.3 Å². The van der Waals surface area contributed by atoms with Gasteiger partial charge in [-0.25, -0.2) is 14.6 Å². The van der Waals surface area contributed by atoms with Crippen molar-refractivity contribution in [2.45, 2.75) is 6.92 Å². The lowest BCUT2D eigenvalue weighted by atomic mass is 10.1. The second-order valence-electron chi connectivity index (χ2n) is 6.61. The van der Waals surface area contributed by atoms with Gasteiger partial charge in [0.05, 0.1) is 16.8 Å². The Balaban J connectivity index is 1.56. The maximum atomic E-state index is 13.2. The smallest absolute Gasteiger partial charge is 0.343 e. The molecule has 2 N–H and O–H groups in total. The van der Waals surface area contributed by atoms with Crippen LogP contribution in [0.25, 0.3) is 0 Å². The van der Waals surface area contributed by atoms with Gasteiger partial charge in [-0.05, 0) is 55.0 Å². The number of nitrogens with zero attached hydrogens (tertiary/aromatic N) is 1. The third-order valence-electron chi connectivity index (χ3n) is 4.12. The van der Waals surface area contributed by atoms with E-state index in [-0.39, 0.29) is 16.5 Å². The molecule has 7 nitrogen and oxygen atoms in total. The lowest BCUT2D eigenvalue weighted by Gasteiger charge is -2.06. The average Bonchev–Trinajstić information content (AvgIpc) is 2.77. The fraction of sp³-hybridized carbons (Fsp3) is 0.0435. The Kier molecular flexibility index (Phi) is 7.30. The zero-order valence-corrected chi connectivity index (χ0v) is 17.5. The third kappa shape index (κ3) is 6.23. The van der Waals surface area contributed by atoms with Gasteiger partial charge in [0, 0.05) is 5.69 Å². The molecule has 0 atom stereocenters. The molecular weight excluding hydrogens is 437 g/mol. The number of nitrogens with one attached hydrogen (secondary N) is 2. The molecule has 2 amide bonds. The number of rotatable bonds is 5. The van der Waals surface area contributed by atoms with E-state index < -0.39 is 23.6 Å². The van der Waals surface area contributed by atoms with Crippen LogP contribution in [0.1, 0.15) is 21.5 Å². The minimum Gasteiger partial charge on any atom is -0.423 e. The van der Waals surface area contributed by atoms with Crippen molar-refractivity contribution in [3.8, 4) is 5.75 Å². The summed E-state index contributed by atoms with van der Waals surface area (Å²) in [5.41, 5.74) is 4.18. The lowest BCUT2D eigenvalue weighted by molar-refractivity contribution is -0.136. The van der Waals surface area contributed by atoms with Gasteiger partial charge in [-0.15, -0.1) is 0 Å². The number of aryl methyl sites for hydroxylation is 1. The second-order valence-corrected chi connectivity index (χ2v) is 7.02. The highest BCUT2D eigenvalue weighted by molar-refractivity contribution is 6.39. The van der Waals surface area contributed by atoms with Gasteiger partial charge in [-0.3, -0.25) is 9.59 Å². The molecule has 0 aliphatic heterocycles. The first-order chi connectivity index (χ1) is 15.3. The van der Waals surface area contributed by atoms with Crippen LogP contribution in [0.3, 0.4) is 0 Å². The fourth-order valence-corrected chi connectivity index (χ4v) is 2.67. The van der Waals surface area contributed by atoms with Crippen molar-refractivity contribution in [3.05, 3.63) is 94.3 Å². The average molecular weight is 454 g/mol. The SMILES string of the molecule is Cc1ccc(C(=O)Oc2cccc(/C=N/NC(=O)C(=O)Nc3ccc(F)c(Cl)c3)c2)cc1. The van der Waals surface area contributed by atoms with Crippen LogP contribution in [-0.4, -0.2) is 24.0 Å². The number of hydrazone groups is 1. The van der Waals surface area contributed by atoms with E-state index in [1.165, 1.54) is 18.3 Å². The van der Waals surface area contributed by atoms with E-state index in [1.807, 2.05) is 19.1 Å². The standard InChI is InChI=1S/C23H17ClFN3O4/c1-14-5-7-16(8-6-14)23(31)32-18-4-2-3-15(11-18)13-26-28-22(30)21(29)27-17-9-10-20(25)19(24)12-17/h2-13H,1H3,(H,27,29)(H,28,30)/b26-13+. The molecular formula is C23H17ClFN3O4. The molecule has 9 heteroatoms. The molecule has 0 unspecified atom stereocenters. The molecule has 3 aromatic rings. The molecule has 162 valence electrons. The molecule has 0 aliphatic rings. The van der Waals surface area contributed by atoms with Crippen LogP contribution in [-0.2, 0) is 9.59 Å². The summed E-state index contributed by atoms with van der Waals surface area (Å²) in [5, 5.41) is 5.80. The molecule has 0 spiro atoms. The Morgan fingerprint density at radius 1 is 1.00 bits per heavy atom. The van der Waals surface area contributed by atoms with E-state index in [1.54, 1.807) is 36.4 Å². The van der Waals surface area contributed by atoms with Gasteiger partial charge in [0.25, 0.3) is 0 Å². The summed E-state index contributed by atoms with van der Waals surface area (Å²) < 4.78 is 18.5. The van der Waals surface area contributed by atoms with Crippen molar-refractivity contribution in [2.75, 3.05) is 5.32 Å². The van der Waals surface area contributed by atoms with Crippen LogP contribution in [0.5, 0.6) is 5.75 Å². The molecule has 0 bridgehead atoms. The zero-order valence-electron chi connectivity index (χ0n) is 16.8. The van der Waals surface area contributed by atoms with Crippen LogP contribution < -0.4 is 15.5 Å². The Labute approximate surface area is 187 Å². The quantitative estimate of drug-likeness (QED) is 0.200. The third-order valence-corrected chi connectivity index (χ3v) is 4.41. The Hall–Kier alpha value is -4.04. The van der Waals surface area contributed by atoms with Gasteiger partial charge in [0.1, 0.15) is 11.6 Å². The number of anilines is 1. The minimum atomic E-state index is -1.04. The summed E-state index contributed by atoms with van der Waals surface area (Å²) in [7, 11) is 0. The molecule has 32 heavy (non-hydrogen) atoms. The fourth-order valence-electron chi connectivity index (χ4n) is 2.49. The predicted octanol–water partition coefficient (Wildman–Crippen LogP) is 4.10. The zero-order chi connectivity index (χ0) is 23.1. The van der Waals surface area contributed by atoms with Crippen molar-refractivity contribution < 1.29 is 23.5 Å². The second kappa shape index (κ2) is 10.3. The van der Waals surface area contributed by atoms with E-state index in [9.17, 15) is 18.8 Å². The van der Waals surface area contributed by atoms with E-state index in [0.717, 1.165) is 11.6 Å². The molecule has 0 saturated heterocycles. The summed E-state index contributed by atoms with van der Waals surface area (Å²) in [5.74, 6) is -2.92. The van der Waals surface area contributed by atoms with Crippen LogP contribution in [0.15, 0.2) is 71.8 Å². The van der Waals surface area contributed by atoms with Crippen molar-refractivity contribution in [2.24, 2.45) is 5.10 Å². The van der Waals surface area contributed by atoms with E-state index >= 15 is 0 Å². The highest BCUT2D eigenvalue weighted by atomic mass is 35.5. The number of carbonyl (C=O) groups is 3. The largest absolute Gasteiger partial charge is 0.423 e. The molecule has 0 aliphatic carbocycles. The number of hydrogen-bond donors (Lipinski definition) is 2. The highest BCUT2D eigenvalue weighted by Gasteiger charge is 2.14. The first-order valence-corrected chi connectivity index (χ1v) is 9.68. The number of ether oxygens (including phenoxy) is 1. The van der Waals surface area contributed by atoms with Gasteiger partial charge >= 0.3 is 17.8 Å². The maximum absolute atomic E-state index is 13.2. The monoisotopic (exact) mass is 453 g/mol. The van der Waals surface area contributed by atoms with Crippen LogP contribution in [0, 0.1) is 12.7 Å². The van der Waals surface area contributed by atoms with E-state index in [0.29, 0.717) is 11.1 Å².